The average Bonchev–Trinajstić information content (AvgIpc) is 2.82. The Morgan fingerprint density at radius 3 is 2.12 bits per heavy atom. The first-order valence-corrected chi connectivity index (χ1v) is 12.2. The molecule has 0 unspecified atom stereocenters. The van der Waals surface area contributed by atoms with Gasteiger partial charge >= 0.3 is 0 Å². The van der Waals surface area contributed by atoms with E-state index in [-0.39, 0.29) is 24.3 Å². The molecule has 178 valence electrons. The Labute approximate surface area is 215 Å². The van der Waals surface area contributed by atoms with Crippen LogP contribution in [0.25, 0.3) is 0 Å². The number of hydrogen-bond acceptors (Lipinski definition) is 2. The molecule has 3 rings (SSSR count). The zero-order valence-corrected chi connectivity index (χ0v) is 21.4. The molecule has 0 aliphatic heterocycles. The maximum Gasteiger partial charge on any atom is 0.243 e. The lowest BCUT2D eigenvalue weighted by molar-refractivity contribution is -0.143. The van der Waals surface area contributed by atoms with Crippen molar-refractivity contribution >= 4 is 46.6 Å². The molecule has 2 amide bonds. The largest absolute Gasteiger partial charge is 0.350 e. The Balaban J connectivity index is 1.90. The normalized spacial score (nSPS) is 11.8. The van der Waals surface area contributed by atoms with Gasteiger partial charge in [-0.1, -0.05) is 97.2 Å². The van der Waals surface area contributed by atoms with Crippen LogP contribution in [0, 0.1) is 5.92 Å². The van der Waals surface area contributed by atoms with Crippen LogP contribution in [-0.4, -0.2) is 22.8 Å². The summed E-state index contributed by atoms with van der Waals surface area (Å²) in [6.45, 7) is 4.19. The summed E-state index contributed by atoms with van der Waals surface area (Å²) in [4.78, 5) is 28.5. The highest BCUT2D eigenvalue weighted by Gasteiger charge is 2.31. The van der Waals surface area contributed by atoms with E-state index in [0.717, 1.165) is 16.7 Å². The van der Waals surface area contributed by atoms with Crippen molar-refractivity contribution in [2.75, 3.05) is 0 Å². The molecule has 0 saturated carbocycles. The Hall–Kier alpha value is -2.53. The van der Waals surface area contributed by atoms with Crippen molar-refractivity contribution in [2.45, 2.75) is 39.4 Å². The number of rotatable bonds is 9. The van der Waals surface area contributed by atoms with Crippen LogP contribution in [0.4, 0.5) is 0 Å². The maximum atomic E-state index is 13.5. The van der Waals surface area contributed by atoms with E-state index in [2.05, 4.69) is 5.32 Å². The predicted molar refractivity (Wildman–Crippen MR) is 139 cm³/mol. The van der Waals surface area contributed by atoms with Crippen LogP contribution >= 0.6 is 34.8 Å². The summed E-state index contributed by atoms with van der Waals surface area (Å²) in [7, 11) is 0. The fourth-order valence-electron chi connectivity index (χ4n) is 3.61. The summed E-state index contributed by atoms with van der Waals surface area (Å²) in [6, 6.07) is 21.4. The van der Waals surface area contributed by atoms with Gasteiger partial charge in [0.15, 0.2) is 0 Å². The van der Waals surface area contributed by atoms with Gasteiger partial charge in [0.1, 0.15) is 6.04 Å². The quantitative estimate of drug-likeness (QED) is 0.349. The van der Waals surface area contributed by atoms with E-state index in [1.54, 1.807) is 35.2 Å². The highest BCUT2D eigenvalue weighted by atomic mass is 35.5. The fourth-order valence-corrected chi connectivity index (χ4v) is 4.21. The SMILES string of the molecule is CC(C)C(=O)N(Cc1ccc(Cl)cc1)[C@H](Cc1ccccc1)C(=O)NCc1ccc(Cl)cc1Cl. The summed E-state index contributed by atoms with van der Waals surface area (Å²) in [5.74, 6) is -0.627. The van der Waals surface area contributed by atoms with E-state index in [4.69, 9.17) is 34.8 Å². The zero-order chi connectivity index (χ0) is 24.7. The molecule has 3 aromatic carbocycles. The van der Waals surface area contributed by atoms with E-state index in [1.807, 2.05) is 56.3 Å². The van der Waals surface area contributed by atoms with Gasteiger partial charge in [-0.2, -0.15) is 0 Å². The van der Waals surface area contributed by atoms with Crippen molar-refractivity contribution in [3.05, 3.63) is 105 Å². The number of carbonyl (C=O) groups is 2. The highest BCUT2D eigenvalue weighted by molar-refractivity contribution is 6.35. The first-order valence-electron chi connectivity index (χ1n) is 11.0. The van der Waals surface area contributed by atoms with Gasteiger partial charge < -0.3 is 10.2 Å². The van der Waals surface area contributed by atoms with Gasteiger partial charge in [-0.15, -0.1) is 0 Å². The summed E-state index contributed by atoms with van der Waals surface area (Å²) in [5, 5.41) is 4.58. The topological polar surface area (TPSA) is 49.4 Å². The molecule has 0 saturated heterocycles. The molecule has 7 heteroatoms. The Morgan fingerprint density at radius 2 is 1.50 bits per heavy atom. The summed E-state index contributed by atoms with van der Waals surface area (Å²) in [6.07, 6.45) is 0.382. The average molecular weight is 518 g/mol. The molecule has 1 atom stereocenters. The van der Waals surface area contributed by atoms with Gasteiger partial charge in [0.2, 0.25) is 11.8 Å². The van der Waals surface area contributed by atoms with Crippen molar-refractivity contribution in [3.8, 4) is 0 Å². The zero-order valence-electron chi connectivity index (χ0n) is 19.1. The Bertz CT molecular complexity index is 1120. The van der Waals surface area contributed by atoms with Crippen LogP contribution in [0.2, 0.25) is 15.1 Å². The van der Waals surface area contributed by atoms with Crippen LogP contribution in [0.3, 0.4) is 0 Å². The number of halogens is 3. The van der Waals surface area contributed by atoms with Gasteiger partial charge in [-0.3, -0.25) is 9.59 Å². The molecule has 0 aliphatic rings. The third-order valence-electron chi connectivity index (χ3n) is 5.46. The molecule has 34 heavy (non-hydrogen) atoms. The number of hydrogen-bond donors (Lipinski definition) is 1. The van der Waals surface area contributed by atoms with Gasteiger partial charge in [-0.05, 0) is 41.0 Å². The molecule has 0 aromatic heterocycles. The Kier molecular flexibility index (Phi) is 9.40. The smallest absolute Gasteiger partial charge is 0.243 e. The summed E-state index contributed by atoms with van der Waals surface area (Å²) < 4.78 is 0. The third kappa shape index (κ3) is 7.23. The first-order chi connectivity index (χ1) is 16.2. The second-order valence-electron chi connectivity index (χ2n) is 8.41. The molecule has 3 aromatic rings. The molecule has 0 spiro atoms. The van der Waals surface area contributed by atoms with Crippen molar-refractivity contribution < 1.29 is 9.59 Å². The molecular weight excluding hydrogens is 491 g/mol. The van der Waals surface area contributed by atoms with E-state index >= 15 is 0 Å². The van der Waals surface area contributed by atoms with Crippen LogP contribution in [-0.2, 0) is 29.1 Å². The van der Waals surface area contributed by atoms with Crippen LogP contribution in [0.1, 0.15) is 30.5 Å². The molecular formula is C27H27Cl3N2O2. The number of amides is 2. The lowest BCUT2D eigenvalue weighted by atomic mass is 10.0. The molecule has 1 N–H and O–H groups in total. The van der Waals surface area contributed by atoms with E-state index in [9.17, 15) is 9.59 Å². The minimum absolute atomic E-state index is 0.101. The van der Waals surface area contributed by atoms with Crippen LogP contribution < -0.4 is 5.32 Å². The second kappa shape index (κ2) is 12.3. The minimum Gasteiger partial charge on any atom is -0.350 e. The van der Waals surface area contributed by atoms with Gasteiger partial charge in [-0.25, -0.2) is 0 Å². The van der Waals surface area contributed by atoms with E-state index in [0.29, 0.717) is 28.0 Å². The maximum absolute atomic E-state index is 13.5. The van der Waals surface area contributed by atoms with Crippen molar-refractivity contribution in [2.24, 2.45) is 5.92 Å². The number of carbonyl (C=O) groups excluding carboxylic acids is 2. The van der Waals surface area contributed by atoms with Crippen molar-refractivity contribution in [1.29, 1.82) is 0 Å². The predicted octanol–water partition coefficient (Wildman–Crippen LogP) is 6.56. The molecule has 0 aliphatic carbocycles. The highest BCUT2D eigenvalue weighted by Crippen LogP contribution is 2.22. The van der Waals surface area contributed by atoms with E-state index in [1.165, 1.54) is 0 Å². The van der Waals surface area contributed by atoms with Crippen LogP contribution in [0.5, 0.6) is 0 Å². The fraction of sp³-hybridized carbons (Fsp3) is 0.259. The van der Waals surface area contributed by atoms with Crippen LogP contribution in [0.15, 0.2) is 72.8 Å². The van der Waals surface area contributed by atoms with Gasteiger partial charge in [0.25, 0.3) is 0 Å². The van der Waals surface area contributed by atoms with Gasteiger partial charge in [0.05, 0.1) is 0 Å². The number of benzene rings is 3. The standard InChI is InChI=1S/C27H27Cl3N2O2/c1-18(2)27(34)32(17-20-8-11-22(28)12-9-20)25(14-19-6-4-3-5-7-19)26(33)31-16-21-10-13-23(29)15-24(21)30/h3-13,15,18,25H,14,16-17H2,1-2H3,(H,31,33)/t25-/m1/s1. The third-order valence-corrected chi connectivity index (χ3v) is 6.30. The van der Waals surface area contributed by atoms with Gasteiger partial charge in [0, 0.05) is 40.5 Å². The molecule has 0 fully saturated rings. The van der Waals surface area contributed by atoms with Crippen molar-refractivity contribution in [1.82, 2.24) is 10.2 Å². The lowest BCUT2D eigenvalue weighted by Crippen LogP contribution is -2.51. The monoisotopic (exact) mass is 516 g/mol. The lowest BCUT2D eigenvalue weighted by Gasteiger charge is -2.33. The molecule has 0 heterocycles. The Morgan fingerprint density at radius 1 is 0.853 bits per heavy atom. The van der Waals surface area contributed by atoms with E-state index < -0.39 is 6.04 Å². The number of nitrogens with one attached hydrogen (secondary N) is 1. The molecule has 4 nitrogen and oxygen atoms in total. The molecule has 0 radical (unpaired) electrons. The summed E-state index contributed by atoms with van der Waals surface area (Å²) in [5.41, 5.74) is 2.60. The summed E-state index contributed by atoms with van der Waals surface area (Å²) >= 11 is 18.3. The molecule has 0 bridgehead atoms. The minimum atomic E-state index is -0.709. The first kappa shape index (κ1) is 26.1. The van der Waals surface area contributed by atoms with Crippen molar-refractivity contribution in [3.63, 3.8) is 0 Å². The second-order valence-corrected chi connectivity index (χ2v) is 9.69. The number of nitrogens with zero attached hydrogens (tertiary/aromatic N) is 1.